The third-order valence-corrected chi connectivity index (χ3v) is 2.35. The lowest BCUT2D eigenvalue weighted by Crippen LogP contribution is -2.40. The molecular weight excluding hydrogens is 224 g/mol. The number of carboxylic acids is 1. The largest absolute Gasteiger partial charge is 0.477 e. The highest BCUT2D eigenvalue weighted by molar-refractivity contribution is 6.36. The van der Waals surface area contributed by atoms with E-state index in [4.69, 9.17) is 9.94 Å². The van der Waals surface area contributed by atoms with E-state index in [0.29, 0.717) is 13.1 Å². The minimum absolute atomic E-state index is 0.0194. The topological polar surface area (TPSA) is 79.2 Å². The fraction of sp³-hybridized carbons (Fsp3) is 0.545. The third kappa shape index (κ3) is 3.30. The van der Waals surface area contributed by atoms with Crippen molar-refractivity contribution in [2.24, 2.45) is 5.16 Å². The van der Waals surface area contributed by atoms with Gasteiger partial charge in [0.25, 0.3) is 5.91 Å². The van der Waals surface area contributed by atoms with Gasteiger partial charge < -0.3 is 14.8 Å². The molecule has 0 aromatic heterocycles. The molecule has 94 valence electrons. The highest BCUT2D eigenvalue weighted by Crippen LogP contribution is 2.14. The summed E-state index contributed by atoms with van der Waals surface area (Å²) in [7, 11) is 0. The Hall–Kier alpha value is -1.85. The lowest BCUT2D eigenvalue weighted by molar-refractivity contribution is -0.141. The van der Waals surface area contributed by atoms with Crippen LogP contribution in [-0.4, -0.2) is 46.8 Å². The van der Waals surface area contributed by atoms with E-state index in [-0.39, 0.29) is 18.0 Å². The zero-order valence-corrected chi connectivity index (χ0v) is 9.76. The van der Waals surface area contributed by atoms with Gasteiger partial charge in [0.15, 0.2) is 5.71 Å². The Morgan fingerprint density at radius 3 is 2.88 bits per heavy atom. The molecule has 0 saturated heterocycles. The number of amides is 1. The van der Waals surface area contributed by atoms with Gasteiger partial charge in [0, 0.05) is 19.5 Å². The molecule has 1 N–H and O–H groups in total. The van der Waals surface area contributed by atoms with E-state index in [9.17, 15) is 9.59 Å². The smallest absolute Gasteiger partial charge is 0.353 e. The fourth-order valence-corrected chi connectivity index (χ4v) is 1.56. The summed E-state index contributed by atoms with van der Waals surface area (Å²) in [4.78, 5) is 29.0. The first kappa shape index (κ1) is 13.2. The van der Waals surface area contributed by atoms with E-state index in [0.717, 1.165) is 6.42 Å². The zero-order chi connectivity index (χ0) is 12.8. The molecule has 0 aromatic rings. The maximum atomic E-state index is 12.0. The van der Waals surface area contributed by atoms with Crippen LogP contribution in [-0.2, 0) is 14.4 Å². The summed E-state index contributed by atoms with van der Waals surface area (Å²) >= 11 is 0. The Morgan fingerprint density at radius 1 is 1.71 bits per heavy atom. The maximum Gasteiger partial charge on any atom is 0.353 e. The van der Waals surface area contributed by atoms with Crippen molar-refractivity contribution in [2.75, 3.05) is 13.1 Å². The molecule has 1 heterocycles. The van der Waals surface area contributed by atoms with Crippen LogP contribution < -0.4 is 0 Å². The molecule has 0 bridgehead atoms. The number of oxime groups is 1. The van der Waals surface area contributed by atoms with E-state index in [1.165, 1.54) is 0 Å². The quantitative estimate of drug-likeness (QED) is 0.691. The molecule has 1 atom stereocenters. The number of carboxylic acid groups (broad SMARTS) is 1. The number of hydrogen-bond donors (Lipinski definition) is 1. The number of rotatable bonds is 6. The summed E-state index contributed by atoms with van der Waals surface area (Å²) in [6, 6.07) is 0. The molecule has 17 heavy (non-hydrogen) atoms. The fourth-order valence-electron chi connectivity index (χ4n) is 1.56. The molecule has 0 fully saturated rings. The van der Waals surface area contributed by atoms with Gasteiger partial charge in [-0.15, -0.1) is 6.58 Å². The molecule has 1 amide bonds. The lowest BCUT2D eigenvalue weighted by Gasteiger charge is -2.22. The van der Waals surface area contributed by atoms with Crippen LogP contribution in [0.1, 0.15) is 19.8 Å². The Bertz CT molecular complexity index is 351. The normalized spacial score (nSPS) is 18.2. The monoisotopic (exact) mass is 240 g/mol. The molecule has 1 aliphatic rings. The molecule has 6 nitrogen and oxygen atoms in total. The van der Waals surface area contributed by atoms with E-state index < -0.39 is 12.1 Å². The van der Waals surface area contributed by atoms with Crippen LogP contribution in [0.4, 0.5) is 0 Å². The van der Waals surface area contributed by atoms with Gasteiger partial charge in [-0.3, -0.25) is 4.79 Å². The van der Waals surface area contributed by atoms with Crippen molar-refractivity contribution in [3.63, 3.8) is 0 Å². The highest BCUT2D eigenvalue weighted by atomic mass is 16.6. The average molecular weight is 240 g/mol. The van der Waals surface area contributed by atoms with E-state index in [1.54, 1.807) is 11.0 Å². The Morgan fingerprint density at radius 2 is 2.41 bits per heavy atom. The van der Waals surface area contributed by atoms with Gasteiger partial charge in [-0.1, -0.05) is 18.2 Å². The molecule has 1 aliphatic heterocycles. The van der Waals surface area contributed by atoms with E-state index >= 15 is 0 Å². The lowest BCUT2D eigenvalue weighted by atomic mass is 10.1. The summed E-state index contributed by atoms with van der Waals surface area (Å²) in [5, 5.41) is 12.1. The summed E-state index contributed by atoms with van der Waals surface area (Å²) in [6.07, 6.45) is 1.65. The van der Waals surface area contributed by atoms with Crippen molar-refractivity contribution >= 4 is 17.6 Å². The van der Waals surface area contributed by atoms with Crippen molar-refractivity contribution < 1.29 is 19.5 Å². The van der Waals surface area contributed by atoms with Crippen LogP contribution in [0.3, 0.4) is 0 Å². The van der Waals surface area contributed by atoms with Crippen LogP contribution in [0.2, 0.25) is 0 Å². The number of carbonyl (C=O) groups excluding carboxylic acids is 1. The minimum Gasteiger partial charge on any atom is -0.477 e. The number of hydrogen-bond acceptors (Lipinski definition) is 4. The Balaban J connectivity index is 2.59. The van der Waals surface area contributed by atoms with Crippen LogP contribution >= 0.6 is 0 Å². The van der Waals surface area contributed by atoms with Crippen molar-refractivity contribution in [3.05, 3.63) is 12.7 Å². The van der Waals surface area contributed by atoms with Crippen LogP contribution in [0.15, 0.2) is 17.8 Å². The number of carbonyl (C=O) groups is 2. The average Bonchev–Trinajstić information content (AvgIpc) is 2.77. The van der Waals surface area contributed by atoms with Crippen molar-refractivity contribution in [1.29, 1.82) is 0 Å². The van der Waals surface area contributed by atoms with Gasteiger partial charge in [-0.05, 0) is 6.42 Å². The summed E-state index contributed by atoms with van der Waals surface area (Å²) < 4.78 is 0. The highest BCUT2D eigenvalue weighted by Gasteiger charge is 2.33. The van der Waals surface area contributed by atoms with Gasteiger partial charge in [-0.2, -0.15) is 0 Å². The van der Waals surface area contributed by atoms with Gasteiger partial charge in [0.2, 0.25) is 6.10 Å². The van der Waals surface area contributed by atoms with Gasteiger partial charge in [0.05, 0.1) is 0 Å². The first-order valence-electron chi connectivity index (χ1n) is 5.45. The summed E-state index contributed by atoms with van der Waals surface area (Å²) in [5.74, 6) is -1.39. The Labute approximate surface area is 99.5 Å². The second kappa shape index (κ2) is 6.03. The molecule has 0 aromatic carbocycles. The molecule has 6 heteroatoms. The predicted octanol–water partition coefficient (Wildman–Crippen LogP) is 0.640. The molecular formula is C11H16N2O4. The Kier molecular flexibility index (Phi) is 4.68. The molecule has 1 rings (SSSR count). The second-order valence-electron chi connectivity index (χ2n) is 3.71. The van der Waals surface area contributed by atoms with E-state index in [1.807, 2.05) is 6.92 Å². The predicted molar refractivity (Wildman–Crippen MR) is 61.6 cm³/mol. The molecule has 0 aliphatic carbocycles. The van der Waals surface area contributed by atoms with Gasteiger partial charge in [0.1, 0.15) is 0 Å². The van der Waals surface area contributed by atoms with Gasteiger partial charge >= 0.3 is 5.97 Å². The van der Waals surface area contributed by atoms with Crippen molar-refractivity contribution in [1.82, 2.24) is 4.90 Å². The maximum absolute atomic E-state index is 12.0. The first-order chi connectivity index (χ1) is 8.10. The number of nitrogens with zero attached hydrogens (tertiary/aromatic N) is 2. The molecule has 1 unspecified atom stereocenters. The summed E-state index contributed by atoms with van der Waals surface area (Å²) in [6.45, 7) is 6.55. The minimum atomic E-state index is -1.15. The number of aliphatic carboxylic acids is 1. The molecule has 0 radical (unpaired) electrons. The van der Waals surface area contributed by atoms with Crippen molar-refractivity contribution in [2.45, 2.75) is 25.9 Å². The van der Waals surface area contributed by atoms with Crippen LogP contribution in [0, 0.1) is 0 Å². The first-order valence-corrected chi connectivity index (χ1v) is 5.45. The SMILES string of the molecule is C=CCN(CCC)C(=O)C1CC(C(=O)O)=NO1. The third-order valence-electron chi connectivity index (χ3n) is 2.35. The van der Waals surface area contributed by atoms with E-state index in [2.05, 4.69) is 11.7 Å². The molecule has 0 spiro atoms. The summed E-state index contributed by atoms with van der Waals surface area (Å²) in [5.41, 5.74) is -0.113. The van der Waals surface area contributed by atoms with Crippen LogP contribution in [0.5, 0.6) is 0 Å². The zero-order valence-electron chi connectivity index (χ0n) is 9.76. The van der Waals surface area contributed by atoms with Crippen LogP contribution in [0.25, 0.3) is 0 Å². The van der Waals surface area contributed by atoms with Gasteiger partial charge in [-0.25, -0.2) is 4.79 Å². The molecule has 0 saturated carbocycles. The standard InChI is InChI=1S/C11H16N2O4/c1-3-5-13(6-4-2)10(14)9-7-8(11(15)16)12-17-9/h3,9H,1,4-7H2,2H3,(H,15,16). The van der Waals surface area contributed by atoms with Crippen molar-refractivity contribution in [3.8, 4) is 0 Å². The second-order valence-corrected chi connectivity index (χ2v) is 3.71.